The normalized spacial score (nSPS) is 10.4. The van der Waals surface area contributed by atoms with E-state index in [0.29, 0.717) is 12.4 Å². The van der Waals surface area contributed by atoms with Crippen LogP contribution in [0.15, 0.2) is 54.9 Å². The Kier molecular flexibility index (Phi) is 6.04. The molecule has 0 aliphatic rings. The van der Waals surface area contributed by atoms with Gasteiger partial charge >= 0.3 is 6.16 Å². The number of para-hydroxylation sites is 1. The summed E-state index contributed by atoms with van der Waals surface area (Å²) in [5.41, 5.74) is 2.44. The number of hydrogen-bond donors (Lipinski definition) is 0. The van der Waals surface area contributed by atoms with Crippen LogP contribution in [0.1, 0.15) is 19.4 Å². The molecule has 0 radical (unpaired) electrons. The summed E-state index contributed by atoms with van der Waals surface area (Å²) in [5.74, 6) is 1.43. The van der Waals surface area contributed by atoms with Gasteiger partial charge in [-0.2, -0.15) is 5.10 Å². The molecule has 27 heavy (non-hydrogen) atoms. The minimum absolute atomic E-state index is 0.0767. The Bertz CT molecular complexity index is 908. The molecule has 1 heterocycles. The minimum Gasteiger partial charge on any atom is -0.494 e. The first-order chi connectivity index (χ1) is 13.2. The monoisotopic (exact) mass is 367 g/mol. The summed E-state index contributed by atoms with van der Waals surface area (Å²) in [4.78, 5) is 15.9. The molecule has 0 spiro atoms. The number of nitrogens with zero attached hydrogens (tertiary/aromatic N) is 3. The van der Waals surface area contributed by atoms with Gasteiger partial charge in [0, 0.05) is 11.1 Å². The third kappa shape index (κ3) is 4.44. The van der Waals surface area contributed by atoms with Crippen LogP contribution in [0.4, 0.5) is 4.79 Å². The lowest BCUT2D eigenvalue weighted by Crippen LogP contribution is -2.09. The quantitative estimate of drug-likeness (QED) is 0.588. The van der Waals surface area contributed by atoms with E-state index < -0.39 is 6.16 Å². The molecule has 2 aromatic carbocycles. The van der Waals surface area contributed by atoms with Crippen molar-refractivity contribution in [1.29, 1.82) is 0 Å². The van der Waals surface area contributed by atoms with Gasteiger partial charge in [-0.1, -0.05) is 30.3 Å². The van der Waals surface area contributed by atoms with Crippen molar-refractivity contribution in [3.05, 3.63) is 60.4 Å². The molecule has 1 aromatic heterocycles. The maximum Gasteiger partial charge on any atom is 0.508 e. The zero-order valence-corrected chi connectivity index (χ0v) is 15.3. The van der Waals surface area contributed by atoms with Gasteiger partial charge in [0.1, 0.15) is 18.7 Å². The summed E-state index contributed by atoms with van der Waals surface area (Å²) < 4.78 is 17.3. The van der Waals surface area contributed by atoms with Gasteiger partial charge in [0.15, 0.2) is 5.82 Å². The van der Waals surface area contributed by atoms with Gasteiger partial charge in [-0.05, 0) is 32.0 Å². The Balaban J connectivity index is 1.92. The highest BCUT2D eigenvalue weighted by molar-refractivity contribution is 5.62. The summed E-state index contributed by atoms with van der Waals surface area (Å²) in [6, 6.07) is 15.2. The second kappa shape index (κ2) is 8.84. The van der Waals surface area contributed by atoms with Gasteiger partial charge in [-0.15, -0.1) is 0 Å². The molecule has 0 atom stereocenters. The van der Waals surface area contributed by atoms with Crippen LogP contribution in [-0.2, 0) is 16.1 Å². The topological polar surface area (TPSA) is 75.5 Å². The first-order valence-electron chi connectivity index (χ1n) is 8.74. The molecule has 3 aromatic rings. The number of aromatic nitrogens is 3. The molecule has 7 heteroatoms. The van der Waals surface area contributed by atoms with Crippen molar-refractivity contribution < 1.29 is 19.0 Å². The Hall–Kier alpha value is -3.35. The van der Waals surface area contributed by atoms with E-state index in [1.165, 1.54) is 6.33 Å². The van der Waals surface area contributed by atoms with Gasteiger partial charge in [-0.3, -0.25) is 0 Å². The Morgan fingerprint density at radius 2 is 1.89 bits per heavy atom. The SMILES string of the molecule is CCOC(=O)OCc1ccccc1-n1ncnc1-c1cccc(OCC)c1. The van der Waals surface area contributed by atoms with Crippen molar-refractivity contribution in [2.75, 3.05) is 13.2 Å². The molecule has 0 aliphatic heterocycles. The molecule has 0 saturated carbocycles. The van der Waals surface area contributed by atoms with Crippen molar-refractivity contribution in [2.45, 2.75) is 20.5 Å². The van der Waals surface area contributed by atoms with Crippen LogP contribution >= 0.6 is 0 Å². The van der Waals surface area contributed by atoms with E-state index in [1.807, 2.05) is 55.5 Å². The Morgan fingerprint density at radius 3 is 2.70 bits per heavy atom. The average molecular weight is 367 g/mol. The smallest absolute Gasteiger partial charge is 0.494 e. The molecule has 140 valence electrons. The van der Waals surface area contributed by atoms with Crippen LogP contribution in [0.5, 0.6) is 5.75 Å². The fraction of sp³-hybridized carbons (Fsp3) is 0.250. The summed E-state index contributed by atoms with van der Waals surface area (Å²) >= 11 is 0. The van der Waals surface area contributed by atoms with Crippen LogP contribution in [0.25, 0.3) is 17.1 Å². The molecule has 0 bridgehead atoms. The molecule has 7 nitrogen and oxygen atoms in total. The lowest BCUT2D eigenvalue weighted by Gasteiger charge is -2.12. The zero-order valence-electron chi connectivity index (χ0n) is 15.3. The van der Waals surface area contributed by atoms with Crippen LogP contribution < -0.4 is 4.74 Å². The molecular formula is C20H21N3O4. The van der Waals surface area contributed by atoms with Gasteiger partial charge in [-0.25, -0.2) is 14.5 Å². The summed E-state index contributed by atoms with van der Waals surface area (Å²) in [7, 11) is 0. The number of carbonyl (C=O) groups is 1. The molecule has 0 saturated heterocycles. The van der Waals surface area contributed by atoms with E-state index in [9.17, 15) is 4.79 Å². The predicted octanol–water partition coefficient (Wildman–Crippen LogP) is 4.01. The van der Waals surface area contributed by atoms with Crippen molar-refractivity contribution >= 4 is 6.16 Å². The van der Waals surface area contributed by atoms with Crippen molar-refractivity contribution in [3.63, 3.8) is 0 Å². The first kappa shape index (κ1) is 18.4. The lowest BCUT2D eigenvalue weighted by atomic mass is 10.1. The summed E-state index contributed by atoms with van der Waals surface area (Å²) in [5, 5.41) is 4.36. The van der Waals surface area contributed by atoms with Gasteiger partial charge < -0.3 is 14.2 Å². The molecule has 0 N–H and O–H groups in total. The van der Waals surface area contributed by atoms with Crippen molar-refractivity contribution in [1.82, 2.24) is 14.8 Å². The molecule has 0 amide bonds. The first-order valence-corrected chi connectivity index (χ1v) is 8.74. The molecule has 0 fully saturated rings. The molecule has 3 rings (SSSR count). The van der Waals surface area contributed by atoms with Crippen molar-refractivity contribution in [2.24, 2.45) is 0 Å². The highest BCUT2D eigenvalue weighted by Gasteiger charge is 2.14. The molecule has 0 aliphatic carbocycles. The van der Waals surface area contributed by atoms with Gasteiger partial charge in [0.05, 0.1) is 18.9 Å². The van der Waals surface area contributed by atoms with E-state index in [-0.39, 0.29) is 13.2 Å². The highest BCUT2D eigenvalue weighted by atomic mass is 16.7. The number of benzene rings is 2. The summed E-state index contributed by atoms with van der Waals surface area (Å²) in [6.45, 7) is 4.60. The highest BCUT2D eigenvalue weighted by Crippen LogP contribution is 2.25. The number of ether oxygens (including phenoxy) is 3. The fourth-order valence-electron chi connectivity index (χ4n) is 2.64. The third-order valence-corrected chi connectivity index (χ3v) is 3.78. The largest absolute Gasteiger partial charge is 0.508 e. The van der Waals surface area contributed by atoms with Crippen LogP contribution in [0.3, 0.4) is 0 Å². The van der Waals surface area contributed by atoms with E-state index in [0.717, 1.165) is 22.6 Å². The lowest BCUT2D eigenvalue weighted by molar-refractivity contribution is 0.0536. The van der Waals surface area contributed by atoms with Gasteiger partial charge in [0.25, 0.3) is 0 Å². The van der Waals surface area contributed by atoms with Crippen LogP contribution in [0, 0.1) is 0 Å². The second-order valence-electron chi connectivity index (χ2n) is 5.56. The van der Waals surface area contributed by atoms with Crippen molar-refractivity contribution in [3.8, 4) is 22.8 Å². The van der Waals surface area contributed by atoms with E-state index >= 15 is 0 Å². The maximum atomic E-state index is 11.5. The van der Waals surface area contributed by atoms with Crippen LogP contribution in [-0.4, -0.2) is 34.1 Å². The number of carbonyl (C=O) groups excluding carboxylic acids is 1. The van der Waals surface area contributed by atoms with E-state index in [1.54, 1.807) is 11.6 Å². The Morgan fingerprint density at radius 1 is 1.04 bits per heavy atom. The number of hydrogen-bond acceptors (Lipinski definition) is 6. The van der Waals surface area contributed by atoms with E-state index in [2.05, 4.69) is 10.1 Å². The molecular weight excluding hydrogens is 346 g/mol. The second-order valence-corrected chi connectivity index (χ2v) is 5.56. The standard InChI is InChI=1S/C20H21N3O4/c1-3-25-17-10-7-9-15(12-17)19-21-14-22-23(19)18-11-6-5-8-16(18)13-27-20(24)26-4-2/h5-12,14H,3-4,13H2,1-2H3. The minimum atomic E-state index is -0.699. The number of rotatable bonds is 7. The van der Waals surface area contributed by atoms with Gasteiger partial charge in [0.2, 0.25) is 0 Å². The van der Waals surface area contributed by atoms with E-state index in [4.69, 9.17) is 14.2 Å². The Labute approximate surface area is 157 Å². The maximum absolute atomic E-state index is 11.5. The fourth-order valence-corrected chi connectivity index (χ4v) is 2.64. The average Bonchev–Trinajstić information content (AvgIpc) is 3.17. The zero-order chi connectivity index (χ0) is 19.1. The third-order valence-electron chi connectivity index (χ3n) is 3.78. The predicted molar refractivity (Wildman–Crippen MR) is 99.8 cm³/mol. The summed E-state index contributed by atoms with van der Waals surface area (Å²) in [6.07, 6.45) is 0.793. The molecule has 0 unspecified atom stereocenters. The van der Waals surface area contributed by atoms with Crippen LogP contribution in [0.2, 0.25) is 0 Å².